The summed E-state index contributed by atoms with van der Waals surface area (Å²) < 4.78 is 0.917. The SMILES string of the molecule is CC(/C(N)=N/O)N1CCN(C(=O)c2cc(Cl)sc2Cl)CC1. The molecule has 0 spiro atoms. The normalized spacial score (nSPS) is 18.8. The minimum atomic E-state index is -0.161. The monoisotopic (exact) mass is 350 g/mol. The number of rotatable bonds is 3. The highest BCUT2D eigenvalue weighted by molar-refractivity contribution is 7.20. The maximum atomic E-state index is 12.4. The minimum absolute atomic E-state index is 0.112. The lowest BCUT2D eigenvalue weighted by molar-refractivity contribution is 0.0619. The molecule has 0 radical (unpaired) electrons. The maximum absolute atomic E-state index is 12.4. The van der Waals surface area contributed by atoms with Gasteiger partial charge in [0.1, 0.15) is 4.34 Å². The fraction of sp³-hybridized carbons (Fsp3) is 0.500. The average molecular weight is 351 g/mol. The standard InChI is InChI=1S/C12H16Cl2N4O2S/c1-7(11(15)16-20)17-2-4-18(5-3-17)12(19)8-6-9(13)21-10(8)14/h6-7,20H,2-5H2,1H3,(H2,15,16). The van der Waals surface area contributed by atoms with Crippen molar-refractivity contribution in [2.75, 3.05) is 26.2 Å². The molecule has 0 aliphatic carbocycles. The van der Waals surface area contributed by atoms with Crippen LogP contribution < -0.4 is 5.73 Å². The number of nitrogens with two attached hydrogens (primary N) is 1. The Kier molecular flexibility index (Phi) is 5.32. The second kappa shape index (κ2) is 6.83. The van der Waals surface area contributed by atoms with Gasteiger partial charge < -0.3 is 15.8 Å². The van der Waals surface area contributed by atoms with E-state index in [0.717, 1.165) is 0 Å². The highest BCUT2D eigenvalue weighted by Crippen LogP contribution is 2.32. The van der Waals surface area contributed by atoms with Crippen molar-refractivity contribution in [2.24, 2.45) is 10.9 Å². The number of hydrogen-bond donors (Lipinski definition) is 2. The first-order valence-electron chi connectivity index (χ1n) is 6.39. The predicted octanol–water partition coefficient (Wildman–Crippen LogP) is 1.95. The van der Waals surface area contributed by atoms with E-state index in [0.29, 0.717) is 40.4 Å². The summed E-state index contributed by atoms with van der Waals surface area (Å²) in [6.07, 6.45) is 0. The van der Waals surface area contributed by atoms with Gasteiger partial charge in [0.05, 0.1) is 15.9 Å². The van der Waals surface area contributed by atoms with Crippen LogP contribution in [0.4, 0.5) is 0 Å². The van der Waals surface area contributed by atoms with Crippen LogP contribution in [0.25, 0.3) is 0 Å². The Morgan fingerprint density at radius 2 is 2.05 bits per heavy atom. The van der Waals surface area contributed by atoms with Crippen molar-refractivity contribution in [2.45, 2.75) is 13.0 Å². The van der Waals surface area contributed by atoms with Gasteiger partial charge in [0, 0.05) is 26.2 Å². The lowest BCUT2D eigenvalue weighted by atomic mass is 10.2. The summed E-state index contributed by atoms with van der Waals surface area (Å²) in [5.41, 5.74) is 6.05. The Hall–Kier alpha value is -1.02. The molecule has 1 aliphatic rings. The van der Waals surface area contributed by atoms with E-state index in [2.05, 4.69) is 10.1 Å². The van der Waals surface area contributed by atoms with Gasteiger partial charge in [-0.25, -0.2) is 0 Å². The van der Waals surface area contributed by atoms with E-state index in [4.69, 9.17) is 34.1 Å². The lowest BCUT2D eigenvalue weighted by Gasteiger charge is -2.37. The first-order valence-corrected chi connectivity index (χ1v) is 7.97. The van der Waals surface area contributed by atoms with Gasteiger partial charge in [0.2, 0.25) is 0 Å². The maximum Gasteiger partial charge on any atom is 0.256 e. The second-order valence-electron chi connectivity index (χ2n) is 4.77. The zero-order chi connectivity index (χ0) is 15.6. The third kappa shape index (κ3) is 3.60. The summed E-state index contributed by atoms with van der Waals surface area (Å²) in [5.74, 6) is 0.0571. The van der Waals surface area contributed by atoms with Crippen LogP contribution >= 0.6 is 34.5 Å². The van der Waals surface area contributed by atoms with Crippen LogP contribution in [0.2, 0.25) is 8.67 Å². The quantitative estimate of drug-likeness (QED) is 0.377. The third-order valence-corrected chi connectivity index (χ3v) is 5.07. The van der Waals surface area contributed by atoms with E-state index in [1.165, 1.54) is 11.3 Å². The smallest absolute Gasteiger partial charge is 0.256 e. The van der Waals surface area contributed by atoms with Crippen molar-refractivity contribution < 1.29 is 10.0 Å². The van der Waals surface area contributed by atoms with Gasteiger partial charge >= 0.3 is 0 Å². The Bertz CT molecular complexity index is 555. The molecule has 2 heterocycles. The van der Waals surface area contributed by atoms with Crippen LogP contribution in [0.5, 0.6) is 0 Å². The summed E-state index contributed by atoms with van der Waals surface area (Å²) in [7, 11) is 0. The third-order valence-electron chi connectivity index (χ3n) is 3.58. The van der Waals surface area contributed by atoms with E-state index < -0.39 is 0 Å². The topological polar surface area (TPSA) is 82.2 Å². The number of piperazine rings is 1. The fourth-order valence-electron chi connectivity index (χ4n) is 2.24. The van der Waals surface area contributed by atoms with Crippen LogP contribution in [-0.2, 0) is 0 Å². The molecule has 21 heavy (non-hydrogen) atoms. The van der Waals surface area contributed by atoms with Crippen LogP contribution in [0.3, 0.4) is 0 Å². The van der Waals surface area contributed by atoms with Crippen molar-refractivity contribution in [3.8, 4) is 0 Å². The molecule has 1 saturated heterocycles. The van der Waals surface area contributed by atoms with E-state index in [1.807, 2.05) is 6.92 Å². The second-order valence-corrected chi connectivity index (χ2v) is 7.05. The largest absolute Gasteiger partial charge is 0.409 e. The van der Waals surface area contributed by atoms with Crippen LogP contribution in [0, 0.1) is 0 Å². The number of thiophene rings is 1. The van der Waals surface area contributed by atoms with Gasteiger partial charge in [-0.05, 0) is 13.0 Å². The number of amides is 1. The molecule has 1 amide bonds. The highest BCUT2D eigenvalue weighted by atomic mass is 35.5. The summed E-state index contributed by atoms with van der Waals surface area (Å²) in [6.45, 7) is 4.29. The van der Waals surface area contributed by atoms with E-state index >= 15 is 0 Å². The Labute approximate surface area is 136 Å². The molecular weight excluding hydrogens is 335 g/mol. The van der Waals surface area contributed by atoms with Crippen LogP contribution in [-0.4, -0.2) is 59.0 Å². The number of nitrogens with zero attached hydrogens (tertiary/aromatic N) is 3. The van der Waals surface area contributed by atoms with Gasteiger partial charge in [-0.2, -0.15) is 0 Å². The first kappa shape index (κ1) is 16.4. The molecule has 0 aromatic carbocycles. The van der Waals surface area contributed by atoms with E-state index in [9.17, 15) is 4.79 Å². The van der Waals surface area contributed by atoms with Gasteiger partial charge in [0.25, 0.3) is 5.91 Å². The zero-order valence-corrected chi connectivity index (χ0v) is 13.8. The molecule has 1 atom stereocenters. The molecule has 0 bridgehead atoms. The van der Waals surface area contributed by atoms with Crippen molar-refractivity contribution >= 4 is 46.3 Å². The molecular formula is C12H16Cl2N4O2S. The van der Waals surface area contributed by atoms with Gasteiger partial charge in [-0.1, -0.05) is 28.4 Å². The summed E-state index contributed by atoms with van der Waals surface area (Å²) in [4.78, 5) is 16.2. The average Bonchev–Trinajstić information content (AvgIpc) is 2.83. The van der Waals surface area contributed by atoms with Gasteiger partial charge in [-0.15, -0.1) is 11.3 Å². The number of halogens is 2. The minimum Gasteiger partial charge on any atom is -0.409 e. The summed E-state index contributed by atoms with van der Waals surface area (Å²) in [6, 6.07) is 1.44. The van der Waals surface area contributed by atoms with Crippen molar-refractivity contribution in [3.63, 3.8) is 0 Å². The molecule has 6 nitrogen and oxygen atoms in total. The molecule has 2 rings (SSSR count). The van der Waals surface area contributed by atoms with Crippen LogP contribution in [0.15, 0.2) is 11.2 Å². The fourth-order valence-corrected chi connectivity index (χ4v) is 3.69. The first-order chi connectivity index (χ1) is 9.93. The number of carbonyl (C=O) groups excluding carboxylic acids is 1. The highest BCUT2D eigenvalue weighted by Gasteiger charge is 2.27. The van der Waals surface area contributed by atoms with E-state index in [-0.39, 0.29) is 17.8 Å². The predicted molar refractivity (Wildman–Crippen MR) is 84.7 cm³/mol. The van der Waals surface area contributed by atoms with Crippen molar-refractivity contribution in [3.05, 3.63) is 20.3 Å². The molecule has 1 aromatic heterocycles. The molecule has 3 N–H and O–H groups in total. The number of oxime groups is 1. The Morgan fingerprint density at radius 1 is 1.43 bits per heavy atom. The summed E-state index contributed by atoms with van der Waals surface area (Å²) >= 11 is 13.1. The number of hydrogen-bond acceptors (Lipinski definition) is 5. The lowest BCUT2D eigenvalue weighted by Crippen LogP contribution is -2.54. The molecule has 1 aliphatic heterocycles. The molecule has 9 heteroatoms. The van der Waals surface area contributed by atoms with Gasteiger partial charge in [0.15, 0.2) is 5.84 Å². The molecule has 1 aromatic rings. The molecule has 1 fully saturated rings. The van der Waals surface area contributed by atoms with Crippen molar-refractivity contribution in [1.82, 2.24) is 9.80 Å². The Balaban J connectivity index is 1.98. The molecule has 1 unspecified atom stereocenters. The van der Waals surface area contributed by atoms with Gasteiger partial charge in [-0.3, -0.25) is 9.69 Å². The van der Waals surface area contributed by atoms with Crippen molar-refractivity contribution in [1.29, 1.82) is 0 Å². The molecule has 0 saturated carbocycles. The summed E-state index contributed by atoms with van der Waals surface area (Å²) in [5, 5.41) is 11.7. The number of amidine groups is 1. The molecule has 116 valence electrons. The van der Waals surface area contributed by atoms with E-state index in [1.54, 1.807) is 11.0 Å². The van der Waals surface area contributed by atoms with Crippen LogP contribution in [0.1, 0.15) is 17.3 Å². The zero-order valence-electron chi connectivity index (χ0n) is 11.4. The number of carbonyl (C=O) groups is 1. The Morgan fingerprint density at radius 3 is 2.52 bits per heavy atom.